The van der Waals surface area contributed by atoms with Crippen LogP contribution < -0.4 is 4.74 Å². The number of hydrogen-bond donors (Lipinski definition) is 1. The Hall–Kier alpha value is -2.08. The van der Waals surface area contributed by atoms with E-state index < -0.39 is 11.4 Å². The summed E-state index contributed by atoms with van der Waals surface area (Å²) in [4.78, 5) is 25.9. The van der Waals surface area contributed by atoms with Gasteiger partial charge in [-0.2, -0.15) is 0 Å². The molecule has 1 atom stereocenters. The zero-order valence-electron chi connectivity index (χ0n) is 12.9. The normalized spacial score (nSPS) is 21.5. The Morgan fingerprint density at radius 1 is 1.32 bits per heavy atom. The van der Waals surface area contributed by atoms with Gasteiger partial charge in [-0.1, -0.05) is 12.1 Å². The molecule has 1 amide bonds. The summed E-state index contributed by atoms with van der Waals surface area (Å²) >= 11 is 0. The summed E-state index contributed by atoms with van der Waals surface area (Å²) in [6.07, 6.45) is 1.14. The molecule has 1 aromatic carbocycles. The SMILES string of the molecule is COCC1(C(=O)O)CCCN(C(=O)c2ccccc2OC)C1. The van der Waals surface area contributed by atoms with Crippen molar-refractivity contribution in [2.75, 3.05) is 33.9 Å². The second-order valence-corrected chi connectivity index (χ2v) is 5.55. The highest BCUT2D eigenvalue weighted by atomic mass is 16.5. The van der Waals surface area contributed by atoms with E-state index >= 15 is 0 Å². The Balaban J connectivity index is 2.25. The highest BCUT2D eigenvalue weighted by molar-refractivity contribution is 5.97. The minimum atomic E-state index is -1.04. The summed E-state index contributed by atoms with van der Waals surface area (Å²) in [5, 5.41) is 9.55. The van der Waals surface area contributed by atoms with Crippen molar-refractivity contribution in [3.8, 4) is 5.75 Å². The first-order chi connectivity index (χ1) is 10.5. The predicted octanol–water partition coefficient (Wildman–Crippen LogP) is 1.65. The number of likely N-dealkylation sites (tertiary alicyclic amines) is 1. The number of para-hydroxylation sites is 1. The lowest BCUT2D eigenvalue weighted by molar-refractivity contribution is -0.155. The molecule has 120 valence electrons. The molecule has 1 unspecified atom stereocenters. The molecule has 1 aliphatic rings. The van der Waals surface area contributed by atoms with Gasteiger partial charge in [0.05, 0.1) is 19.3 Å². The molecular weight excluding hydrogens is 286 g/mol. The largest absolute Gasteiger partial charge is 0.496 e. The van der Waals surface area contributed by atoms with Crippen LogP contribution in [0.5, 0.6) is 5.75 Å². The second kappa shape index (κ2) is 6.79. The van der Waals surface area contributed by atoms with Crippen LogP contribution in [-0.2, 0) is 9.53 Å². The summed E-state index contributed by atoms with van der Waals surface area (Å²) in [6, 6.07) is 6.96. The predicted molar refractivity (Wildman–Crippen MR) is 80.1 cm³/mol. The zero-order valence-corrected chi connectivity index (χ0v) is 12.9. The fraction of sp³-hybridized carbons (Fsp3) is 0.500. The van der Waals surface area contributed by atoms with Gasteiger partial charge in [-0.05, 0) is 25.0 Å². The van der Waals surface area contributed by atoms with Gasteiger partial charge >= 0.3 is 5.97 Å². The minimum Gasteiger partial charge on any atom is -0.496 e. The Bertz CT molecular complexity index is 555. The summed E-state index contributed by atoms with van der Waals surface area (Å²) < 4.78 is 10.3. The van der Waals surface area contributed by atoms with Crippen LogP contribution >= 0.6 is 0 Å². The Kier molecular flexibility index (Phi) is 5.03. The molecule has 2 rings (SSSR count). The van der Waals surface area contributed by atoms with Gasteiger partial charge in [-0.3, -0.25) is 9.59 Å². The molecule has 6 heteroatoms. The van der Waals surface area contributed by atoms with E-state index in [-0.39, 0.29) is 19.1 Å². The maximum absolute atomic E-state index is 12.7. The molecular formula is C16H21NO5. The molecule has 1 fully saturated rings. The van der Waals surface area contributed by atoms with Gasteiger partial charge in [0.15, 0.2) is 0 Å². The van der Waals surface area contributed by atoms with Crippen LogP contribution in [0.2, 0.25) is 0 Å². The molecule has 0 aromatic heterocycles. The van der Waals surface area contributed by atoms with Crippen LogP contribution in [0.3, 0.4) is 0 Å². The fourth-order valence-electron chi connectivity index (χ4n) is 2.93. The average molecular weight is 307 g/mol. The number of benzene rings is 1. The number of carboxylic acid groups (broad SMARTS) is 1. The highest BCUT2D eigenvalue weighted by Gasteiger charge is 2.44. The lowest BCUT2D eigenvalue weighted by Gasteiger charge is -2.39. The first-order valence-corrected chi connectivity index (χ1v) is 7.19. The zero-order chi connectivity index (χ0) is 16.2. The lowest BCUT2D eigenvalue weighted by atomic mass is 9.80. The Morgan fingerprint density at radius 2 is 2.05 bits per heavy atom. The standard InChI is InChI=1S/C16H21NO5/c1-21-11-16(15(19)20)8-5-9-17(10-16)14(18)12-6-3-4-7-13(12)22-2/h3-4,6-7H,5,8-11H2,1-2H3,(H,19,20). The molecule has 1 aromatic rings. The number of piperidine rings is 1. The third-order valence-corrected chi connectivity index (χ3v) is 4.08. The molecule has 0 bridgehead atoms. The first-order valence-electron chi connectivity index (χ1n) is 7.19. The van der Waals surface area contributed by atoms with E-state index in [1.54, 1.807) is 29.2 Å². The molecule has 0 spiro atoms. The van der Waals surface area contributed by atoms with Crippen molar-refractivity contribution >= 4 is 11.9 Å². The van der Waals surface area contributed by atoms with Crippen molar-refractivity contribution in [1.29, 1.82) is 0 Å². The lowest BCUT2D eigenvalue weighted by Crippen LogP contribution is -2.52. The van der Waals surface area contributed by atoms with Crippen molar-refractivity contribution < 1.29 is 24.2 Å². The molecule has 0 aliphatic carbocycles. The summed E-state index contributed by atoms with van der Waals surface area (Å²) in [5.74, 6) is -0.642. The molecule has 1 aliphatic heterocycles. The summed E-state index contributed by atoms with van der Waals surface area (Å²) in [5.41, 5.74) is -0.589. The van der Waals surface area contributed by atoms with Crippen LogP contribution in [0.15, 0.2) is 24.3 Å². The first kappa shape index (κ1) is 16.3. The second-order valence-electron chi connectivity index (χ2n) is 5.55. The van der Waals surface area contributed by atoms with Crippen molar-refractivity contribution in [2.24, 2.45) is 5.41 Å². The smallest absolute Gasteiger partial charge is 0.313 e. The van der Waals surface area contributed by atoms with Crippen LogP contribution in [0.1, 0.15) is 23.2 Å². The monoisotopic (exact) mass is 307 g/mol. The van der Waals surface area contributed by atoms with E-state index in [1.165, 1.54) is 14.2 Å². The number of carbonyl (C=O) groups excluding carboxylic acids is 1. The number of methoxy groups -OCH3 is 2. The quantitative estimate of drug-likeness (QED) is 0.895. The topological polar surface area (TPSA) is 76.1 Å². The number of nitrogens with zero attached hydrogens (tertiary/aromatic N) is 1. The van der Waals surface area contributed by atoms with E-state index in [1.807, 2.05) is 0 Å². The van der Waals surface area contributed by atoms with E-state index in [4.69, 9.17) is 9.47 Å². The molecule has 6 nitrogen and oxygen atoms in total. The van der Waals surface area contributed by atoms with Crippen LogP contribution in [-0.4, -0.2) is 55.8 Å². The van der Waals surface area contributed by atoms with E-state index in [2.05, 4.69) is 0 Å². The van der Waals surface area contributed by atoms with Crippen molar-refractivity contribution in [3.05, 3.63) is 29.8 Å². The maximum Gasteiger partial charge on any atom is 0.313 e. The van der Waals surface area contributed by atoms with Crippen molar-refractivity contribution in [2.45, 2.75) is 12.8 Å². The van der Waals surface area contributed by atoms with Gasteiger partial charge in [0.2, 0.25) is 0 Å². The average Bonchev–Trinajstić information content (AvgIpc) is 2.54. The fourth-order valence-corrected chi connectivity index (χ4v) is 2.93. The number of rotatable bonds is 5. The van der Waals surface area contributed by atoms with Crippen LogP contribution in [0.4, 0.5) is 0 Å². The third-order valence-electron chi connectivity index (χ3n) is 4.08. The maximum atomic E-state index is 12.7. The van der Waals surface area contributed by atoms with Crippen molar-refractivity contribution in [1.82, 2.24) is 4.90 Å². The van der Waals surface area contributed by atoms with Crippen LogP contribution in [0, 0.1) is 5.41 Å². The summed E-state index contributed by atoms with van der Waals surface area (Å²) in [7, 11) is 2.99. The number of hydrogen-bond acceptors (Lipinski definition) is 4. The molecule has 0 saturated carbocycles. The van der Waals surface area contributed by atoms with Crippen molar-refractivity contribution in [3.63, 3.8) is 0 Å². The number of aliphatic carboxylic acids is 1. The molecule has 1 N–H and O–H groups in total. The van der Waals surface area contributed by atoms with E-state index in [0.29, 0.717) is 30.7 Å². The van der Waals surface area contributed by atoms with Gasteiger partial charge in [0.1, 0.15) is 11.2 Å². The van der Waals surface area contributed by atoms with E-state index in [0.717, 1.165) is 0 Å². The number of carboxylic acids is 1. The van der Waals surface area contributed by atoms with Gasteiger partial charge in [0.25, 0.3) is 5.91 Å². The molecule has 1 heterocycles. The Morgan fingerprint density at radius 3 is 2.68 bits per heavy atom. The number of amides is 1. The molecule has 22 heavy (non-hydrogen) atoms. The van der Waals surface area contributed by atoms with Gasteiger partial charge in [0, 0.05) is 20.2 Å². The van der Waals surface area contributed by atoms with Gasteiger partial charge < -0.3 is 19.5 Å². The van der Waals surface area contributed by atoms with E-state index in [9.17, 15) is 14.7 Å². The Labute approximate surface area is 129 Å². The minimum absolute atomic E-state index is 0.0953. The van der Waals surface area contributed by atoms with Gasteiger partial charge in [-0.25, -0.2) is 0 Å². The number of ether oxygens (including phenoxy) is 2. The van der Waals surface area contributed by atoms with Gasteiger partial charge in [-0.15, -0.1) is 0 Å². The highest BCUT2D eigenvalue weighted by Crippen LogP contribution is 2.32. The molecule has 0 radical (unpaired) electrons. The number of carbonyl (C=O) groups is 2. The third kappa shape index (κ3) is 3.06. The summed E-state index contributed by atoms with van der Waals surface area (Å²) in [6.45, 7) is 0.778. The molecule has 1 saturated heterocycles. The van der Waals surface area contributed by atoms with Crippen LogP contribution in [0.25, 0.3) is 0 Å².